The van der Waals surface area contributed by atoms with Crippen LogP contribution in [0.25, 0.3) is 0 Å². The number of aryl methyl sites for hydroxylation is 1. The maximum Gasteiger partial charge on any atom is 0.253 e. The average molecular weight is 290 g/mol. The molecule has 0 bridgehead atoms. The lowest BCUT2D eigenvalue weighted by Crippen LogP contribution is -2.31. The van der Waals surface area contributed by atoms with Crippen molar-refractivity contribution in [2.45, 2.75) is 32.4 Å². The van der Waals surface area contributed by atoms with Gasteiger partial charge in [0.05, 0.1) is 16.7 Å². The van der Waals surface area contributed by atoms with Gasteiger partial charge in [0.2, 0.25) is 0 Å². The summed E-state index contributed by atoms with van der Waals surface area (Å²) in [6.07, 6.45) is -0.263. The van der Waals surface area contributed by atoms with Gasteiger partial charge < -0.3 is 10.4 Å². The van der Waals surface area contributed by atoms with E-state index in [0.29, 0.717) is 5.56 Å². The van der Waals surface area contributed by atoms with Crippen LogP contribution in [0, 0.1) is 0 Å². The van der Waals surface area contributed by atoms with Crippen molar-refractivity contribution in [3.05, 3.63) is 52.0 Å². The highest BCUT2D eigenvalue weighted by Crippen LogP contribution is 2.19. The van der Waals surface area contributed by atoms with Crippen molar-refractivity contribution >= 4 is 17.2 Å². The third-order valence-electron chi connectivity index (χ3n) is 3.04. The van der Waals surface area contributed by atoms with E-state index >= 15 is 0 Å². The molecule has 2 atom stereocenters. The van der Waals surface area contributed by atoms with E-state index in [2.05, 4.69) is 10.3 Å². The number of aliphatic hydroxyl groups is 1. The Morgan fingerprint density at radius 2 is 2.10 bits per heavy atom. The highest BCUT2D eigenvalue weighted by atomic mass is 32.1. The molecule has 20 heavy (non-hydrogen) atoms. The van der Waals surface area contributed by atoms with E-state index in [1.807, 2.05) is 25.3 Å². The normalized spacial score (nSPS) is 13.8. The number of carbonyl (C=O) groups is 1. The molecular weight excluding hydrogens is 272 g/mol. The van der Waals surface area contributed by atoms with Crippen LogP contribution in [0.3, 0.4) is 0 Å². The number of hydrogen-bond acceptors (Lipinski definition) is 4. The highest BCUT2D eigenvalue weighted by Gasteiger charge is 2.20. The maximum atomic E-state index is 12.0. The Morgan fingerprint density at radius 1 is 1.40 bits per heavy atom. The molecule has 0 saturated carbocycles. The van der Waals surface area contributed by atoms with Gasteiger partial charge in [-0.25, -0.2) is 4.98 Å². The second-order valence-electron chi connectivity index (χ2n) is 4.56. The number of aliphatic hydroxyl groups excluding tert-OH is 1. The molecule has 4 nitrogen and oxygen atoms in total. The van der Waals surface area contributed by atoms with Crippen molar-refractivity contribution in [3.8, 4) is 0 Å². The van der Waals surface area contributed by atoms with Crippen molar-refractivity contribution in [2.75, 3.05) is 0 Å². The SMILES string of the molecule is CCc1nc(C(C)NC(=O)C(O)c2ccccc2)cs1. The highest BCUT2D eigenvalue weighted by molar-refractivity contribution is 7.09. The van der Waals surface area contributed by atoms with Gasteiger partial charge in [-0.2, -0.15) is 0 Å². The Bertz CT molecular complexity index is 568. The van der Waals surface area contributed by atoms with Crippen molar-refractivity contribution < 1.29 is 9.90 Å². The summed E-state index contributed by atoms with van der Waals surface area (Å²) in [5.74, 6) is -0.408. The summed E-state index contributed by atoms with van der Waals surface area (Å²) in [5.41, 5.74) is 1.42. The molecular formula is C15H18N2O2S. The first kappa shape index (κ1) is 14.7. The minimum atomic E-state index is -1.15. The predicted octanol–water partition coefficient (Wildman–Crippen LogP) is 2.62. The molecule has 0 aliphatic carbocycles. The zero-order chi connectivity index (χ0) is 14.5. The fraction of sp³-hybridized carbons (Fsp3) is 0.333. The lowest BCUT2D eigenvalue weighted by molar-refractivity contribution is -0.130. The van der Waals surface area contributed by atoms with Crippen LogP contribution in [-0.2, 0) is 11.2 Å². The summed E-state index contributed by atoms with van der Waals surface area (Å²) >= 11 is 1.58. The van der Waals surface area contributed by atoms with E-state index in [4.69, 9.17) is 0 Å². The number of thiazole rings is 1. The van der Waals surface area contributed by atoms with Crippen molar-refractivity contribution in [1.29, 1.82) is 0 Å². The van der Waals surface area contributed by atoms with Crippen LogP contribution >= 0.6 is 11.3 Å². The number of hydrogen-bond donors (Lipinski definition) is 2. The molecule has 2 unspecified atom stereocenters. The number of carbonyl (C=O) groups excluding carboxylic acids is 1. The first-order chi connectivity index (χ1) is 9.61. The van der Waals surface area contributed by atoms with E-state index < -0.39 is 12.0 Å². The van der Waals surface area contributed by atoms with Crippen LogP contribution in [0.4, 0.5) is 0 Å². The number of nitrogens with one attached hydrogen (secondary N) is 1. The zero-order valence-corrected chi connectivity index (χ0v) is 12.4. The Hall–Kier alpha value is -1.72. The Kier molecular flexibility index (Phi) is 4.87. The first-order valence-electron chi connectivity index (χ1n) is 6.59. The second kappa shape index (κ2) is 6.63. The molecule has 1 aromatic heterocycles. The summed E-state index contributed by atoms with van der Waals surface area (Å²) in [6, 6.07) is 8.68. The molecule has 1 amide bonds. The smallest absolute Gasteiger partial charge is 0.253 e. The molecule has 0 fully saturated rings. The van der Waals surface area contributed by atoms with Gasteiger partial charge in [0.25, 0.3) is 5.91 Å². The van der Waals surface area contributed by atoms with Crippen LogP contribution in [0.15, 0.2) is 35.7 Å². The number of nitrogens with zero attached hydrogens (tertiary/aromatic N) is 1. The monoisotopic (exact) mass is 290 g/mol. The molecule has 0 aliphatic heterocycles. The van der Waals surface area contributed by atoms with Gasteiger partial charge in [0.15, 0.2) is 6.10 Å². The average Bonchev–Trinajstić information content (AvgIpc) is 2.96. The molecule has 0 saturated heterocycles. The van der Waals surface area contributed by atoms with Gasteiger partial charge in [0, 0.05) is 5.38 Å². The third-order valence-corrected chi connectivity index (χ3v) is 4.05. The topological polar surface area (TPSA) is 62.2 Å². The molecule has 2 aromatic rings. The van der Waals surface area contributed by atoms with Gasteiger partial charge in [0.1, 0.15) is 0 Å². The van der Waals surface area contributed by atoms with Crippen molar-refractivity contribution in [2.24, 2.45) is 0 Å². The minimum Gasteiger partial charge on any atom is -0.378 e. The summed E-state index contributed by atoms with van der Waals surface area (Å²) < 4.78 is 0. The first-order valence-corrected chi connectivity index (χ1v) is 7.47. The largest absolute Gasteiger partial charge is 0.378 e. The fourth-order valence-corrected chi connectivity index (χ4v) is 2.68. The summed E-state index contributed by atoms with van der Waals surface area (Å²) in [7, 11) is 0. The van der Waals surface area contributed by atoms with Gasteiger partial charge in [-0.05, 0) is 18.9 Å². The van der Waals surface area contributed by atoms with E-state index in [1.54, 1.807) is 35.6 Å². The summed E-state index contributed by atoms with van der Waals surface area (Å²) in [5, 5.41) is 15.8. The van der Waals surface area contributed by atoms with E-state index in [1.165, 1.54) is 0 Å². The Balaban J connectivity index is 2.00. The Morgan fingerprint density at radius 3 is 2.70 bits per heavy atom. The molecule has 1 aromatic carbocycles. The van der Waals surface area contributed by atoms with E-state index in [-0.39, 0.29) is 6.04 Å². The van der Waals surface area contributed by atoms with Gasteiger partial charge in [-0.3, -0.25) is 4.79 Å². The summed E-state index contributed by atoms with van der Waals surface area (Å²) in [4.78, 5) is 16.5. The van der Waals surface area contributed by atoms with Crippen LogP contribution in [0.5, 0.6) is 0 Å². The molecule has 0 spiro atoms. The molecule has 5 heteroatoms. The predicted molar refractivity (Wildman–Crippen MR) is 79.5 cm³/mol. The zero-order valence-electron chi connectivity index (χ0n) is 11.5. The number of rotatable bonds is 5. The number of aromatic nitrogens is 1. The second-order valence-corrected chi connectivity index (χ2v) is 5.51. The van der Waals surface area contributed by atoms with Gasteiger partial charge in [-0.15, -0.1) is 11.3 Å². The van der Waals surface area contributed by atoms with Crippen molar-refractivity contribution in [3.63, 3.8) is 0 Å². The third kappa shape index (κ3) is 3.43. The lowest BCUT2D eigenvalue weighted by atomic mass is 10.1. The molecule has 106 valence electrons. The lowest BCUT2D eigenvalue weighted by Gasteiger charge is -2.15. The number of benzene rings is 1. The van der Waals surface area contributed by atoms with E-state index in [0.717, 1.165) is 17.1 Å². The molecule has 2 N–H and O–H groups in total. The van der Waals surface area contributed by atoms with Crippen molar-refractivity contribution in [1.82, 2.24) is 10.3 Å². The van der Waals surface area contributed by atoms with Crippen LogP contribution in [-0.4, -0.2) is 16.0 Å². The number of amides is 1. The molecule has 2 rings (SSSR count). The van der Waals surface area contributed by atoms with E-state index in [9.17, 15) is 9.90 Å². The standard InChI is InChI=1S/C15H18N2O2S/c1-3-13-17-12(9-20-13)10(2)16-15(19)14(18)11-7-5-4-6-8-11/h4-10,14,18H,3H2,1-2H3,(H,16,19). The van der Waals surface area contributed by atoms with Crippen LogP contribution < -0.4 is 5.32 Å². The molecule has 0 radical (unpaired) electrons. The molecule has 1 heterocycles. The Labute approximate surface area is 122 Å². The van der Waals surface area contributed by atoms with Crippen LogP contribution in [0.1, 0.15) is 42.3 Å². The van der Waals surface area contributed by atoms with Crippen LogP contribution in [0.2, 0.25) is 0 Å². The maximum absolute atomic E-state index is 12.0. The molecule has 0 aliphatic rings. The minimum absolute atomic E-state index is 0.211. The summed E-state index contributed by atoms with van der Waals surface area (Å²) in [6.45, 7) is 3.91. The fourth-order valence-electron chi connectivity index (χ4n) is 1.84. The van der Waals surface area contributed by atoms with Gasteiger partial charge >= 0.3 is 0 Å². The van der Waals surface area contributed by atoms with Gasteiger partial charge in [-0.1, -0.05) is 37.3 Å². The quantitative estimate of drug-likeness (QED) is 0.890.